The molecule has 2 N–H and O–H groups in total. The van der Waals surface area contributed by atoms with Crippen molar-refractivity contribution in [2.24, 2.45) is 23.7 Å². The zero-order chi connectivity index (χ0) is 18.4. The summed E-state index contributed by atoms with van der Waals surface area (Å²) in [7, 11) is 0. The lowest BCUT2D eigenvalue weighted by molar-refractivity contribution is -0.146. The average Bonchev–Trinajstić information content (AvgIpc) is 3.29. The molecule has 0 saturated heterocycles. The Bertz CT molecular complexity index is 918. The van der Waals surface area contributed by atoms with E-state index in [1.165, 1.54) is 16.9 Å². The minimum absolute atomic E-state index is 0.0138. The number of nitrogens with one attached hydrogen (secondary N) is 1. The number of fused-ring (bicyclic) bond motifs is 2. The number of aliphatic carboxylic acids is 1. The van der Waals surface area contributed by atoms with Crippen LogP contribution in [0.15, 0.2) is 35.7 Å². The molecule has 26 heavy (non-hydrogen) atoms. The Morgan fingerprint density at radius 1 is 1.19 bits per heavy atom. The van der Waals surface area contributed by atoms with E-state index in [1.807, 2.05) is 43.5 Å². The molecule has 4 unspecified atom stereocenters. The van der Waals surface area contributed by atoms with Gasteiger partial charge in [-0.05, 0) is 37.7 Å². The highest BCUT2D eigenvalue weighted by Crippen LogP contribution is 2.48. The number of aromatic nitrogens is 1. The molecule has 1 heterocycles. The monoisotopic (exact) mass is 368 g/mol. The highest BCUT2D eigenvalue weighted by molar-refractivity contribution is 7.14. The number of carbonyl (C=O) groups is 2. The van der Waals surface area contributed by atoms with E-state index in [9.17, 15) is 14.7 Å². The largest absolute Gasteiger partial charge is 0.481 e. The van der Waals surface area contributed by atoms with Gasteiger partial charge in [-0.2, -0.15) is 0 Å². The third-order valence-electron chi connectivity index (χ3n) is 5.44. The van der Waals surface area contributed by atoms with Crippen LogP contribution >= 0.6 is 11.3 Å². The van der Waals surface area contributed by atoms with Crippen LogP contribution in [0.2, 0.25) is 0 Å². The Kier molecular flexibility index (Phi) is 4.15. The first-order valence-corrected chi connectivity index (χ1v) is 9.57. The second-order valence-electron chi connectivity index (χ2n) is 7.18. The summed E-state index contributed by atoms with van der Waals surface area (Å²) < 4.78 is 0. The number of amides is 1. The minimum atomic E-state index is -0.892. The quantitative estimate of drug-likeness (QED) is 0.803. The summed E-state index contributed by atoms with van der Waals surface area (Å²) in [5.41, 5.74) is 4.19. The molecule has 0 spiro atoms. The van der Waals surface area contributed by atoms with Crippen LogP contribution in [0.1, 0.15) is 17.5 Å². The van der Waals surface area contributed by atoms with Crippen LogP contribution in [0, 0.1) is 37.5 Å². The number of nitrogens with zero attached hydrogens (tertiary/aromatic N) is 1. The molecular formula is C20H20N2O3S. The SMILES string of the molecule is Cc1ccc(-c2csc(NC(=O)C3C4C=CC(C4)C3C(=O)O)n2)c(C)c1. The molecule has 134 valence electrons. The van der Waals surface area contributed by atoms with Gasteiger partial charge in [0.25, 0.3) is 0 Å². The number of carboxylic acid groups (broad SMARTS) is 1. The molecule has 4 rings (SSSR count). The molecule has 0 radical (unpaired) electrons. The van der Waals surface area contributed by atoms with E-state index >= 15 is 0 Å². The molecule has 1 saturated carbocycles. The van der Waals surface area contributed by atoms with Gasteiger partial charge in [-0.1, -0.05) is 35.9 Å². The van der Waals surface area contributed by atoms with Gasteiger partial charge in [0.1, 0.15) is 0 Å². The number of aryl methyl sites for hydroxylation is 2. The van der Waals surface area contributed by atoms with Crippen molar-refractivity contribution < 1.29 is 14.7 Å². The lowest BCUT2D eigenvalue weighted by Crippen LogP contribution is -2.36. The number of allylic oxidation sites excluding steroid dienone is 2. The van der Waals surface area contributed by atoms with Crippen LogP contribution < -0.4 is 5.32 Å². The van der Waals surface area contributed by atoms with Crippen LogP contribution in [0.5, 0.6) is 0 Å². The summed E-state index contributed by atoms with van der Waals surface area (Å²) >= 11 is 1.37. The molecular weight excluding hydrogens is 348 g/mol. The Balaban J connectivity index is 1.53. The molecule has 2 aliphatic carbocycles. The number of rotatable bonds is 4. The minimum Gasteiger partial charge on any atom is -0.481 e. The smallest absolute Gasteiger partial charge is 0.307 e. The number of hydrogen-bond donors (Lipinski definition) is 2. The maximum Gasteiger partial charge on any atom is 0.307 e. The van der Waals surface area contributed by atoms with E-state index in [0.717, 1.165) is 23.2 Å². The van der Waals surface area contributed by atoms with E-state index in [-0.39, 0.29) is 17.7 Å². The third-order valence-corrected chi connectivity index (χ3v) is 6.20. The second-order valence-corrected chi connectivity index (χ2v) is 8.04. The van der Waals surface area contributed by atoms with Crippen molar-refractivity contribution in [2.45, 2.75) is 20.3 Å². The first kappa shape index (κ1) is 17.0. The van der Waals surface area contributed by atoms with Crippen molar-refractivity contribution in [3.8, 4) is 11.3 Å². The van der Waals surface area contributed by atoms with Crippen molar-refractivity contribution in [3.63, 3.8) is 0 Å². The summed E-state index contributed by atoms with van der Waals surface area (Å²) in [6.07, 6.45) is 4.67. The number of thiazole rings is 1. The first-order valence-electron chi connectivity index (χ1n) is 8.69. The lowest BCUT2D eigenvalue weighted by Gasteiger charge is -2.23. The summed E-state index contributed by atoms with van der Waals surface area (Å²) in [6, 6.07) is 6.18. The summed E-state index contributed by atoms with van der Waals surface area (Å²) in [6.45, 7) is 4.09. The molecule has 6 heteroatoms. The van der Waals surface area contributed by atoms with Gasteiger partial charge in [0, 0.05) is 10.9 Å². The van der Waals surface area contributed by atoms with Crippen molar-refractivity contribution >= 4 is 28.3 Å². The van der Waals surface area contributed by atoms with Gasteiger partial charge in [-0.3, -0.25) is 9.59 Å². The molecule has 2 aliphatic rings. The van der Waals surface area contributed by atoms with Gasteiger partial charge in [0.2, 0.25) is 5.91 Å². The number of benzene rings is 1. The maximum absolute atomic E-state index is 12.7. The predicted octanol–water partition coefficient (Wildman–Crippen LogP) is 3.89. The Hall–Kier alpha value is -2.47. The van der Waals surface area contributed by atoms with Crippen molar-refractivity contribution in [2.75, 3.05) is 5.32 Å². The second kappa shape index (κ2) is 6.36. The molecule has 1 aromatic heterocycles. The zero-order valence-electron chi connectivity index (χ0n) is 14.6. The van der Waals surface area contributed by atoms with Crippen LogP contribution in [0.25, 0.3) is 11.3 Å². The molecule has 4 atom stereocenters. The normalized spacial score (nSPS) is 26.2. The maximum atomic E-state index is 12.7. The van der Waals surface area contributed by atoms with Crippen molar-refractivity contribution in [1.82, 2.24) is 4.98 Å². The molecule has 1 fully saturated rings. The molecule has 2 bridgehead atoms. The van der Waals surface area contributed by atoms with Gasteiger partial charge in [0.05, 0.1) is 17.5 Å². The summed E-state index contributed by atoms with van der Waals surface area (Å²) in [4.78, 5) is 28.9. The van der Waals surface area contributed by atoms with Gasteiger partial charge < -0.3 is 10.4 Å². The van der Waals surface area contributed by atoms with Gasteiger partial charge in [-0.25, -0.2) is 4.98 Å². The summed E-state index contributed by atoms with van der Waals surface area (Å²) in [5.74, 6) is -2.30. The Morgan fingerprint density at radius 3 is 2.62 bits per heavy atom. The fourth-order valence-electron chi connectivity index (χ4n) is 4.26. The summed E-state index contributed by atoms with van der Waals surface area (Å²) in [5, 5.41) is 14.8. The molecule has 2 aromatic rings. The highest BCUT2D eigenvalue weighted by atomic mass is 32.1. The Labute approximate surface area is 155 Å². The zero-order valence-corrected chi connectivity index (χ0v) is 15.4. The first-order chi connectivity index (χ1) is 12.4. The standard InChI is InChI=1S/C20H20N2O3S/c1-10-3-6-14(11(2)7-10)15-9-26-20(21-15)22-18(23)16-12-4-5-13(8-12)17(16)19(24)25/h3-7,9,12-13,16-17H,8H2,1-2H3,(H,24,25)(H,21,22,23). The van der Waals surface area contributed by atoms with Crippen LogP contribution in [-0.4, -0.2) is 22.0 Å². The van der Waals surface area contributed by atoms with E-state index in [0.29, 0.717) is 5.13 Å². The predicted molar refractivity (Wildman–Crippen MR) is 101 cm³/mol. The van der Waals surface area contributed by atoms with Crippen LogP contribution in [0.3, 0.4) is 0 Å². The molecule has 1 aromatic carbocycles. The molecule has 0 aliphatic heterocycles. The highest BCUT2D eigenvalue weighted by Gasteiger charge is 2.51. The van der Waals surface area contributed by atoms with Gasteiger partial charge >= 0.3 is 5.97 Å². The molecule has 5 nitrogen and oxygen atoms in total. The van der Waals surface area contributed by atoms with Crippen LogP contribution in [0.4, 0.5) is 5.13 Å². The fraction of sp³-hybridized carbons (Fsp3) is 0.350. The number of carboxylic acids is 1. The Morgan fingerprint density at radius 2 is 1.92 bits per heavy atom. The number of carbonyl (C=O) groups excluding carboxylic acids is 1. The average molecular weight is 368 g/mol. The lowest BCUT2D eigenvalue weighted by atomic mass is 9.82. The number of anilines is 1. The topological polar surface area (TPSA) is 79.3 Å². The molecule has 1 amide bonds. The van der Waals surface area contributed by atoms with E-state index in [1.54, 1.807) is 0 Å². The van der Waals surface area contributed by atoms with E-state index < -0.39 is 17.8 Å². The number of hydrogen-bond acceptors (Lipinski definition) is 4. The van der Waals surface area contributed by atoms with E-state index in [4.69, 9.17) is 0 Å². The van der Waals surface area contributed by atoms with Crippen molar-refractivity contribution in [1.29, 1.82) is 0 Å². The van der Waals surface area contributed by atoms with Crippen molar-refractivity contribution in [3.05, 3.63) is 46.9 Å². The fourth-order valence-corrected chi connectivity index (χ4v) is 4.97. The van der Waals surface area contributed by atoms with Gasteiger partial charge in [-0.15, -0.1) is 11.3 Å². The van der Waals surface area contributed by atoms with E-state index in [2.05, 4.69) is 16.4 Å². The van der Waals surface area contributed by atoms with Crippen LogP contribution in [-0.2, 0) is 9.59 Å². The third kappa shape index (κ3) is 2.84. The van der Waals surface area contributed by atoms with Gasteiger partial charge in [0.15, 0.2) is 5.13 Å².